The topological polar surface area (TPSA) is 103 Å². The first-order valence-corrected chi connectivity index (χ1v) is 9.18. The lowest BCUT2D eigenvalue weighted by Crippen LogP contribution is -2.22. The quantitative estimate of drug-likeness (QED) is 0.622. The number of nitrogens with zero attached hydrogens (tertiary/aromatic N) is 6. The van der Waals surface area contributed by atoms with Crippen molar-refractivity contribution in [2.24, 2.45) is 7.05 Å². The molecule has 0 saturated heterocycles. The van der Waals surface area contributed by atoms with Crippen LogP contribution in [0.3, 0.4) is 0 Å². The summed E-state index contributed by atoms with van der Waals surface area (Å²) >= 11 is 0. The van der Waals surface area contributed by atoms with Gasteiger partial charge in [-0.1, -0.05) is 5.21 Å². The SMILES string of the molecule is Cn1cc(-c2ccc(N[C@H]3CC[C@H](Nc4ncc(OC(F)F)cn4)C3)nc2)nn1. The van der Waals surface area contributed by atoms with Gasteiger partial charge in [-0.2, -0.15) is 8.78 Å². The predicted molar refractivity (Wildman–Crippen MR) is 102 cm³/mol. The molecule has 0 spiro atoms. The Kier molecular flexibility index (Phi) is 5.45. The fraction of sp³-hybridized carbons (Fsp3) is 0.389. The summed E-state index contributed by atoms with van der Waals surface area (Å²) in [6.45, 7) is -2.89. The molecule has 3 heterocycles. The molecule has 1 saturated carbocycles. The van der Waals surface area contributed by atoms with Crippen LogP contribution in [-0.2, 0) is 7.05 Å². The van der Waals surface area contributed by atoms with Gasteiger partial charge in [0, 0.05) is 30.9 Å². The highest BCUT2D eigenvalue weighted by molar-refractivity contribution is 5.58. The van der Waals surface area contributed by atoms with E-state index in [1.807, 2.05) is 25.4 Å². The maximum atomic E-state index is 12.2. The standard InChI is InChI=1S/C18H20F2N8O/c1-28-10-15(26-27-28)11-2-5-16(21-7-11)24-12-3-4-13(6-12)25-18-22-8-14(9-23-18)29-17(19)20/h2,5,7-10,12-13,17H,3-4,6H2,1H3,(H,21,24)(H,22,23,25)/t12-,13-/m0/s1. The zero-order chi connectivity index (χ0) is 20.2. The highest BCUT2D eigenvalue weighted by Gasteiger charge is 2.25. The largest absolute Gasteiger partial charge is 0.432 e. The number of ether oxygens (including phenoxy) is 1. The highest BCUT2D eigenvalue weighted by atomic mass is 19.3. The average Bonchev–Trinajstić information content (AvgIpc) is 3.32. The first-order chi connectivity index (χ1) is 14.0. The molecule has 0 amide bonds. The minimum atomic E-state index is -2.89. The van der Waals surface area contributed by atoms with E-state index >= 15 is 0 Å². The number of pyridine rings is 1. The average molecular weight is 402 g/mol. The van der Waals surface area contributed by atoms with E-state index in [0.717, 1.165) is 36.3 Å². The van der Waals surface area contributed by atoms with E-state index in [0.29, 0.717) is 5.95 Å². The number of nitrogens with one attached hydrogen (secondary N) is 2. The van der Waals surface area contributed by atoms with Gasteiger partial charge in [0.05, 0.1) is 18.6 Å². The molecule has 29 heavy (non-hydrogen) atoms. The van der Waals surface area contributed by atoms with Crippen LogP contribution < -0.4 is 15.4 Å². The number of aryl methyl sites for hydroxylation is 1. The van der Waals surface area contributed by atoms with Crippen LogP contribution in [0.15, 0.2) is 36.9 Å². The van der Waals surface area contributed by atoms with Crippen LogP contribution in [-0.4, -0.2) is 48.6 Å². The molecule has 1 fully saturated rings. The van der Waals surface area contributed by atoms with Crippen molar-refractivity contribution >= 4 is 11.8 Å². The summed E-state index contributed by atoms with van der Waals surface area (Å²) in [5.41, 5.74) is 1.69. The van der Waals surface area contributed by atoms with Crippen molar-refractivity contribution in [3.8, 4) is 17.0 Å². The van der Waals surface area contributed by atoms with E-state index in [-0.39, 0.29) is 17.8 Å². The lowest BCUT2D eigenvalue weighted by atomic mass is 10.2. The second-order valence-electron chi connectivity index (χ2n) is 6.83. The van der Waals surface area contributed by atoms with Gasteiger partial charge in [0.1, 0.15) is 11.5 Å². The molecule has 2 N–H and O–H groups in total. The van der Waals surface area contributed by atoms with Crippen molar-refractivity contribution < 1.29 is 13.5 Å². The number of anilines is 2. The van der Waals surface area contributed by atoms with Gasteiger partial charge in [-0.05, 0) is 31.4 Å². The molecule has 4 rings (SSSR count). The van der Waals surface area contributed by atoms with E-state index in [1.165, 1.54) is 12.4 Å². The zero-order valence-electron chi connectivity index (χ0n) is 15.7. The molecule has 11 heteroatoms. The second-order valence-corrected chi connectivity index (χ2v) is 6.83. The Morgan fingerprint density at radius 2 is 1.83 bits per heavy atom. The highest BCUT2D eigenvalue weighted by Crippen LogP contribution is 2.25. The van der Waals surface area contributed by atoms with E-state index in [4.69, 9.17) is 0 Å². The molecule has 1 aliphatic rings. The van der Waals surface area contributed by atoms with Crippen LogP contribution in [0.4, 0.5) is 20.5 Å². The summed E-state index contributed by atoms with van der Waals surface area (Å²) in [4.78, 5) is 12.5. The minimum absolute atomic E-state index is 0.0625. The minimum Gasteiger partial charge on any atom is -0.432 e. The number of aromatic nitrogens is 6. The normalized spacial score (nSPS) is 18.8. The molecule has 0 unspecified atom stereocenters. The molecule has 0 aliphatic heterocycles. The van der Waals surface area contributed by atoms with Crippen LogP contribution in [0, 0.1) is 0 Å². The van der Waals surface area contributed by atoms with E-state index in [9.17, 15) is 8.78 Å². The third kappa shape index (κ3) is 4.92. The number of hydrogen-bond acceptors (Lipinski definition) is 8. The molecular formula is C18H20F2N8O. The van der Waals surface area contributed by atoms with Gasteiger partial charge in [-0.15, -0.1) is 5.10 Å². The van der Waals surface area contributed by atoms with Crippen LogP contribution >= 0.6 is 0 Å². The fourth-order valence-corrected chi connectivity index (χ4v) is 3.30. The van der Waals surface area contributed by atoms with E-state index in [2.05, 4.69) is 40.6 Å². The molecule has 3 aromatic heterocycles. The Labute approximate surface area is 165 Å². The van der Waals surface area contributed by atoms with Gasteiger partial charge in [-0.3, -0.25) is 4.68 Å². The first kappa shape index (κ1) is 19.0. The Morgan fingerprint density at radius 3 is 2.45 bits per heavy atom. The van der Waals surface area contributed by atoms with Crippen LogP contribution in [0.5, 0.6) is 5.75 Å². The van der Waals surface area contributed by atoms with Crippen molar-refractivity contribution in [1.29, 1.82) is 0 Å². The molecule has 1 aliphatic carbocycles. The predicted octanol–water partition coefficient (Wildman–Crippen LogP) is 2.71. The molecule has 0 aromatic carbocycles. The van der Waals surface area contributed by atoms with Gasteiger partial charge >= 0.3 is 6.61 Å². The summed E-state index contributed by atoms with van der Waals surface area (Å²) in [5.74, 6) is 1.13. The molecule has 0 bridgehead atoms. The van der Waals surface area contributed by atoms with Crippen LogP contribution in [0.1, 0.15) is 19.3 Å². The number of halogens is 2. The summed E-state index contributed by atoms with van der Waals surface area (Å²) < 4.78 is 30.2. The smallest absolute Gasteiger partial charge is 0.387 e. The molecule has 152 valence electrons. The number of alkyl halides is 2. The molecular weight excluding hydrogens is 382 g/mol. The Bertz CT molecular complexity index is 932. The van der Waals surface area contributed by atoms with Crippen LogP contribution in [0.25, 0.3) is 11.3 Å². The van der Waals surface area contributed by atoms with Crippen molar-refractivity contribution in [3.63, 3.8) is 0 Å². The molecule has 0 radical (unpaired) electrons. The van der Waals surface area contributed by atoms with Crippen molar-refractivity contribution in [1.82, 2.24) is 29.9 Å². The van der Waals surface area contributed by atoms with Gasteiger partial charge < -0.3 is 15.4 Å². The Balaban J connectivity index is 1.28. The Morgan fingerprint density at radius 1 is 1.07 bits per heavy atom. The van der Waals surface area contributed by atoms with Crippen molar-refractivity contribution in [2.45, 2.75) is 38.0 Å². The molecule has 2 atom stereocenters. The number of rotatable bonds is 7. The zero-order valence-corrected chi connectivity index (χ0v) is 15.7. The summed E-state index contributed by atoms with van der Waals surface area (Å²) in [6, 6.07) is 4.34. The lowest BCUT2D eigenvalue weighted by Gasteiger charge is -2.15. The summed E-state index contributed by atoms with van der Waals surface area (Å²) in [6.07, 6.45) is 8.85. The maximum absolute atomic E-state index is 12.2. The van der Waals surface area contributed by atoms with Gasteiger partial charge in [0.15, 0.2) is 5.75 Å². The number of hydrogen-bond donors (Lipinski definition) is 2. The monoisotopic (exact) mass is 402 g/mol. The van der Waals surface area contributed by atoms with Crippen LogP contribution in [0.2, 0.25) is 0 Å². The van der Waals surface area contributed by atoms with Gasteiger partial charge in [0.2, 0.25) is 5.95 Å². The van der Waals surface area contributed by atoms with Crippen molar-refractivity contribution in [3.05, 3.63) is 36.9 Å². The third-order valence-corrected chi connectivity index (χ3v) is 4.63. The lowest BCUT2D eigenvalue weighted by molar-refractivity contribution is -0.0503. The van der Waals surface area contributed by atoms with Crippen molar-refractivity contribution in [2.75, 3.05) is 10.6 Å². The fourth-order valence-electron chi connectivity index (χ4n) is 3.30. The third-order valence-electron chi connectivity index (χ3n) is 4.63. The molecule has 3 aromatic rings. The van der Waals surface area contributed by atoms with Gasteiger partial charge in [-0.25, -0.2) is 15.0 Å². The van der Waals surface area contributed by atoms with E-state index in [1.54, 1.807) is 10.9 Å². The summed E-state index contributed by atoms with van der Waals surface area (Å²) in [7, 11) is 1.82. The first-order valence-electron chi connectivity index (χ1n) is 9.18. The van der Waals surface area contributed by atoms with E-state index < -0.39 is 6.61 Å². The summed E-state index contributed by atoms with van der Waals surface area (Å²) in [5, 5.41) is 14.7. The molecule has 9 nitrogen and oxygen atoms in total. The second kappa shape index (κ2) is 8.33. The van der Waals surface area contributed by atoms with Gasteiger partial charge in [0.25, 0.3) is 0 Å². The maximum Gasteiger partial charge on any atom is 0.387 e. The Hall–Kier alpha value is -3.37.